The quantitative estimate of drug-likeness (QED) is 0.126. The zero-order valence-electron chi connectivity index (χ0n) is 44.6. The van der Waals surface area contributed by atoms with Crippen molar-refractivity contribution in [1.29, 1.82) is 0 Å². The minimum absolute atomic E-state index is 0.0176. The van der Waals surface area contributed by atoms with Gasteiger partial charge in [-0.05, 0) is 123 Å². The van der Waals surface area contributed by atoms with Crippen LogP contribution < -0.4 is 42.5 Å². The number of thioether (sulfide) groups is 2. The summed E-state index contributed by atoms with van der Waals surface area (Å²) in [5.74, 6) is 8.75. The molecule has 406 valence electrons. The normalized spacial score (nSPS) is 28.4. The van der Waals surface area contributed by atoms with Crippen LogP contribution in [0.1, 0.15) is 102 Å². The fraction of sp³-hybridized carbons (Fsp3) is 0.571. The summed E-state index contributed by atoms with van der Waals surface area (Å²) in [7, 11) is 3.35. The second-order valence-electron chi connectivity index (χ2n) is 22.1. The molecule has 2 unspecified atom stereocenters. The molecule has 8 N–H and O–H groups in total. The van der Waals surface area contributed by atoms with Crippen LogP contribution >= 0.6 is 23.5 Å². The average molecular weight is 1080 g/mol. The van der Waals surface area contributed by atoms with Gasteiger partial charge in [0.2, 0.25) is 47.3 Å². The van der Waals surface area contributed by atoms with Gasteiger partial charge in [-0.2, -0.15) is 0 Å². The molecule has 2 aromatic rings. The Morgan fingerprint density at radius 2 is 0.974 bits per heavy atom. The molecule has 8 amide bonds. The maximum Gasteiger partial charge on any atom is 0.246 e. The highest BCUT2D eigenvalue weighted by Gasteiger charge is 2.57. The van der Waals surface area contributed by atoms with Crippen molar-refractivity contribution in [3.05, 3.63) is 70.8 Å². The molecule has 0 saturated carbocycles. The van der Waals surface area contributed by atoms with E-state index in [9.17, 15) is 38.4 Å². The van der Waals surface area contributed by atoms with Crippen LogP contribution in [-0.4, -0.2) is 143 Å². The van der Waals surface area contributed by atoms with Gasteiger partial charge in [0.1, 0.15) is 24.2 Å². The van der Waals surface area contributed by atoms with Crippen LogP contribution in [0.3, 0.4) is 0 Å². The molecule has 4 heterocycles. The summed E-state index contributed by atoms with van der Waals surface area (Å²) in [5, 5.41) is 23.3. The molecule has 18 nitrogen and oxygen atoms in total. The van der Waals surface area contributed by atoms with Crippen LogP contribution in [0.5, 0.6) is 0 Å². The van der Waals surface area contributed by atoms with Crippen LogP contribution in [0.25, 0.3) is 0 Å². The number of nitrogens with zero attached hydrogens (tertiary/aromatic N) is 2. The van der Waals surface area contributed by atoms with Gasteiger partial charge in [0.05, 0.1) is 59.8 Å². The van der Waals surface area contributed by atoms with Crippen molar-refractivity contribution in [3.63, 3.8) is 0 Å². The van der Waals surface area contributed by atoms with Gasteiger partial charge in [0.25, 0.3) is 0 Å². The first kappa shape index (κ1) is 56.2. The third kappa shape index (κ3) is 11.8. The standard InChI is InChI=1S/C56H72N10O8S2/c1-31(57-7)47(67)61-39-21-25-75-41-29-55(3,4)45(65(41)53(39)73)51(71)63-43-35-19-13-11-17-33(35)27-37(43)49(69)59-23-15-9-10-16-24-60-50(70)38-28-34-18-12-14-20-36(34)44(38)64-52(72)46-56(5,6)30-42-66(46)54(74)40(22-26-76-42)62-48(68)32(2)58-8/h11-14,17-20,31-32,37-46,57-58H,21-30H2,1-8H3,(H,59,69)(H,60,70)(H,61,67)(H,62,68)(H,63,71)(H,64,72)/t31?,32?,37-,38-,39+,40+,41+,42+,43+,44+,45-,46-/m1/s1. The zero-order chi connectivity index (χ0) is 54.6. The topological polar surface area (TPSA) is 239 Å². The lowest BCUT2D eigenvalue weighted by atomic mass is 9.83. The van der Waals surface area contributed by atoms with Gasteiger partial charge in [-0.3, -0.25) is 38.4 Å². The molecule has 76 heavy (non-hydrogen) atoms. The van der Waals surface area contributed by atoms with E-state index in [2.05, 4.69) is 66.2 Å². The highest BCUT2D eigenvalue weighted by molar-refractivity contribution is 8.00. The lowest BCUT2D eigenvalue weighted by Gasteiger charge is -2.35. The van der Waals surface area contributed by atoms with Gasteiger partial charge in [-0.1, -0.05) is 88.1 Å². The predicted octanol–water partition coefficient (Wildman–Crippen LogP) is 1.65. The lowest BCUT2D eigenvalue weighted by Crippen LogP contribution is -2.58. The third-order valence-corrected chi connectivity index (χ3v) is 18.6. The predicted molar refractivity (Wildman–Crippen MR) is 291 cm³/mol. The highest BCUT2D eigenvalue weighted by Crippen LogP contribution is 2.49. The first-order valence-corrected chi connectivity index (χ1v) is 28.5. The molecule has 0 radical (unpaired) electrons. The van der Waals surface area contributed by atoms with Gasteiger partial charge in [-0.15, -0.1) is 23.5 Å². The largest absolute Gasteiger partial charge is 0.347 e. The maximum absolute atomic E-state index is 14.5. The molecule has 20 heteroatoms. The van der Waals surface area contributed by atoms with Crippen LogP contribution in [0.2, 0.25) is 0 Å². The Labute approximate surface area is 454 Å². The number of nitrogens with one attached hydrogen (secondary N) is 8. The summed E-state index contributed by atoms with van der Waals surface area (Å²) in [6.07, 6.45) is 2.86. The molecular weight excluding hydrogens is 1000 g/mol. The fourth-order valence-electron chi connectivity index (χ4n) is 11.8. The molecule has 4 saturated heterocycles. The van der Waals surface area contributed by atoms with Gasteiger partial charge in [0.15, 0.2) is 0 Å². The molecule has 0 aromatic heterocycles. The van der Waals surface area contributed by atoms with E-state index in [4.69, 9.17) is 0 Å². The molecule has 2 aromatic carbocycles. The van der Waals surface area contributed by atoms with E-state index in [1.54, 1.807) is 61.3 Å². The fourth-order valence-corrected chi connectivity index (χ4v) is 14.9. The number of fused-ring (bicyclic) bond motifs is 4. The third-order valence-electron chi connectivity index (χ3n) is 16.1. The van der Waals surface area contributed by atoms with Crippen molar-refractivity contribution in [2.24, 2.45) is 22.7 Å². The highest BCUT2D eigenvalue weighted by atomic mass is 32.2. The Hall–Kier alpha value is -6.06. The number of hydrogen-bond donors (Lipinski definition) is 8. The Morgan fingerprint density at radius 1 is 0.592 bits per heavy atom. The molecular formula is C56H72N10O8S2. The SMILES string of the molecule is CNC(C)C(=O)N[C@H]1CCS[C@H]2CC(C)(C)[C@@H](C(=O)N[C@H]3c4ccccc4C[C@H]3C(=O)NCC#CC#CCNC(=O)[C@@H]3Cc4ccccc4[C@@H]3NC(=O)[C@H]3N4C(=O)[C@@H](NC(=O)C(C)NC)CCS[C@H]4CC3(C)C)N2C1=O. The van der Waals surface area contributed by atoms with Gasteiger partial charge >= 0.3 is 0 Å². The molecule has 4 aliphatic heterocycles. The van der Waals surface area contributed by atoms with Crippen molar-refractivity contribution in [2.75, 3.05) is 38.7 Å². The van der Waals surface area contributed by atoms with E-state index in [0.717, 1.165) is 22.3 Å². The number of carbonyl (C=O) groups is 8. The zero-order valence-corrected chi connectivity index (χ0v) is 46.2. The average Bonchev–Trinajstić information content (AvgIpc) is 4.08. The van der Waals surface area contributed by atoms with Crippen LogP contribution in [0, 0.1) is 46.3 Å². The molecule has 0 spiro atoms. The van der Waals surface area contributed by atoms with E-state index in [1.807, 2.05) is 76.2 Å². The van der Waals surface area contributed by atoms with E-state index < -0.39 is 71.0 Å². The first-order valence-electron chi connectivity index (χ1n) is 26.4. The smallest absolute Gasteiger partial charge is 0.246 e. The Bertz CT molecular complexity index is 2570. The number of rotatable bonds is 14. The van der Waals surface area contributed by atoms with E-state index in [-0.39, 0.29) is 71.1 Å². The van der Waals surface area contributed by atoms with E-state index >= 15 is 0 Å². The lowest BCUT2D eigenvalue weighted by molar-refractivity contribution is -0.144. The molecule has 2 aliphatic carbocycles. The molecule has 6 aliphatic rings. The Morgan fingerprint density at radius 3 is 1.36 bits per heavy atom. The number of hydrogen-bond acceptors (Lipinski definition) is 12. The summed E-state index contributed by atoms with van der Waals surface area (Å²) < 4.78 is 0. The number of amides is 8. The number of likely N-dealkylation sites (N-methyl/N-ethyl adjacent to an activating group) is 2. The summed E-state index contributed by atoms with van der Waals surface area (Å²) >= 11 is 3.23. The summed E-state index contributed by atoms with van der Waals surface area (Å²) in [4.78, 5) is 114. The molecule has 8 rings (SSSR count). The van der Waals surface area contributed by atoms with Gasteiger partial charge in [-0.25, -0.2) is 0 Å². The van der Waals surface area contributed by atoms with Gasteiger partial charge < -0.3 is 52.3 Å². The van der Waals surface area contributed by atoms with E-state index in [0.29, 0.717) is 50.0 Å². The molecule has 0 bridgehead atoms. The first-order chi connectivity index (χ1) is 36.3. The number of carbonyl (C=O) groups excluding carboxylic acids is 8. The number of benzene rings is 2. The van der Waals surface area contributed by atoms with Crippen molar-refractivity contribution in [3.8, 4) is 23.7 Å². The summed E-state index contributed by atoms with van der Waals surface area (Å²) in [6.45, 7) is 11.3. The summed E-state index contributed by atoms with van der Waals surface area (Å²) in [6, 6.07) is 9.70. The second-order valence-corrected chi connectivity index (χ2v) is 24.7. The maximum atomic E-state index is 14.5. The Kier molecular flexibility index (Phi) is 17.5. The summed E-state index contributed by atoms with van der Waals surface area (Å²) in [5.41, 5.74) is 2.35. The van der Waals surface area contributed by atoms with Crippen molar-refractivity contribution in [1.82, 2.24) is 52.3 Å². The van der Waals surface area contributed by atoms with Crippen LogP contribution in [0.15, 0.2) is 48.5 Å². The Balaban J connectivity index is 0.872. The molecule has 4 fully saturated rings. The monoisotopic (exact) mass is 1080 g/mol. The van der Waals surface area contributed by atoms with E-state index in [1.165, 1.54) is 0 Å². The van der Waals surface area contributed by atoms with Crippen molar-refractivity contribution in [2.45, 2.75) is 139 Å². The van der Waals surface area contributed by atoms with Gasteiger partial charge in [0, 0.05) is 0 Å². The van der Waals surface area contributed by atoms with Crippen molar-refractivity contribution < 1.29 is 38.4 Å². The van der Waals surface area contributed by atoms with Crippen LogP contribution in [-0.2, 0) is 51.2 Å². The second kappa shape index (κ2) is 23.7. The minimum Gasteiger partial charge on any atom is -0.347 e. The van der Waals surface area contributed by atoms with Crippen LogP contribution in [0.4, 0.5) is 0 Å². The van der Waals surface area contributed by atoms with Crippen molar-refractivity contribution >= 4 is 70.8 Å². The minimum atomic E-state index is -0.835. The molecule has 12 atom stereocenters.